The van der Waals surface area contributed by atoms with Crippen LogP contribution in [0.15, 0.2) is 12.2 Å². The fraction of sp³-hybridized carbons (Fsp3) is 0.667. The number of hydrogen-bond donors (Lipinski definition) is 0. The fourth-order valence-electron chi connectivity index (χ4n) is 0.615. The molecule has 0 heterocycles. The molecule has 0 aromatic carbocycles. The molecule has 0 aromatic rings. The van der Waals surface area contributed by atoms with Crippen LogP contribution in [0, 0.1) is 0 Å². The molecule has 0 amide bonds. The first-order chi connectivity index (χ1) is 7.17. The Morgan fingerprint density at radius 2 is 1.12 bits per heavy atom. The number of rotatable bonds is 4. The molecule has 0 aliphatic carbocycles. The summed E-state index contributed by atoms with van der Waals surface area (Å²) in [5.74, 6) is -19.3. The van der Waals surface area contributed by atoms with Crippen molar-refractivity contribution in [2.45, 2.75) is 21.7 Å². The van der Waals surface area contributed by atoms with Crippen molar-refractivity contribution < 1.29 is 43.9 Å². The van der Waals surface area contributed by atoms with Gasteiger partial charge in [0.15, 0.2) is 0 Å². The summed E-state index contributed by atoms with van der Waals surface area (Å²) in [6.45, 7) is 0. The Labute approximate surface area is 101 Å². The number of hydrogen-bond acceptors (Lipinski definition) is 0. The van der Waals surface area contributed by atoms with E-state index in [0.717, 1.165) is 0 Å². The number of allylic oxidation sites excluding steroid dienone is 1. The van der Waals surface area contributed by atoms with E-state index in [1.807, 2.05) is 0 Å². The molecule has 0 radical (unpaired) electrons. The predicted octanol–water partition coefficient (Wildman–Crippen LogP) is 4.70. The molecule has 102 valence electrons. The summed E-state index contributed by atoms with van der Waals surface area (Å²) in [5.41, 5.74) is 0. The minimum Gasteiger partial charge on any atom is -0.195 e. The lowest BCUT2D eigenvalue weighted by atomic mass is 10.1. The van der Waals surface area contributed by atoms with Crippen molar-refractivity contribution in [3.05, 3.63) is 12.2 Å². The highest BCUT2D eigenvalue weighted by Crippen LogP contribution is 2.55. The van der Waals surface area contributed by atoms with Gasteiger partial charge in [-0.25, -0.2) is 0 Å². The first-order valence-electron chi connectivity index (χ1n) is 3.41. The Bertz CT molecular complexity index is 309. The molecule has 0 aromatic heterocycles. The first-order valence-corrected chi connectivity index (χ1v) is 4.48. The Morgan fingerprint density at radius 1 is 0.765 bits per heavy atom. The van der Waals surface area contributed by atoms with Crippen LogP contribution in [0.5, 0.6) is 0 Å². The number of alkyl halides is 9. The minimum atomic E-state index is -6.67. The molecule has 0 bridgehead atoms. The van der Waals surface area contributed by atoms with E-state index in [0.29, 0.717) is 0 Å². The summed E-state index contributed by atoms with van der Waals surface area (Å²) in [7, 11) is 0. The first kappa shape index (κ1) is 16.8. The Morgan fingerprint density at radius 3 is 1.35 bits per heavy atom. The second-order valence-electron chi connectivity index (χ2n) is 2.70. The highest BCUT2D eigenvalue weighted by Gasteiger charge is 2.79. The van der Waals surface area contributed by atoms with Gasteiger partial charge in [0, 0.05) is 22.6 Å². The van der Waals surface area contributed by atoms with Gasteiger partial charge in [-0.1, -0.05) is 0 Å². The lowest BCUT2D eigenvalue weighted by Gasteiger charge is -2.33. The van der Waals surface area contributed by atoms with Crippen molar-refractivity contribution in [2.75, 3.05) is 0 Å². The van der Waals surface area contributed by atoms with Crippen LogP contribution in [-0.2, 0) is 0 Å². The maximum atomic E-state index is 12.5. The van der Waals surface area contributed by atoms with Gasteiger partial charge in [0.05, 0.1) is 6.08 Å². The van der Waals surface area contributed by atoms with Crippen LogP contribution in [0.25, 0.3) is 0 Å². The summed E-state index contributed by atoms with van der Waals surface area (Å²) in [6, 6.07) is 0. The quantitative estimate of drug-likeness (QED) is 0.371. The monoisotopic (exact) mass is 390 g/mol. The van der Waals surface area contributed by atoms with Crippen molar-refractivity contribution in [1.29, 1.82) is 0 Å². The van der Waals surface area contributed by atoms with Crippen molar-refractivity contribution in [1.82, 2.24) is 0 Å². The normalized spacial score (nSPS) is 14.8. The van der Waals surface area contributed by atoms with E-state index in [2.05, 4.69) is 0 Å². The van der Waals surface area contributed by atoms with Crippen molar-refractivity contribution in [2.24, 2.45) is 0 Å². The standard InChI is InChI=1S/C6HF10I/c7-2(8)1-3(9,10)4(11,12)5(13,14)6(15,16)17/h1H. The zero-order valence-electron chi connectivity index (χ0n) is 7.23. The minimum absolute atomic E-state index is 0.487. The summed E-state index contributed by atoms with van der Waals surface area (Å²) < 4.78 is 116. The molecule has 0 saturated carbocycles. The Hall–Kier alpha value is -0.230. The van der Waals surface area contributed by atoms with E-state index in [4.69, 9.17) is 0 Å². The van der Waals surface area contributed by atoms with Gasteiger partial charge in [-0.05, 0) is 0 Å². The molecule has 0 rings (SSSR count). The van der Waals surface area contributed by atoms with Crippen molar-refractivity contribution >= 4 is 22.6 Å². The highest BCUT2D eigenvalue weighted by molar-refractivity contribution is 14.1. The van der Waals surface area contributed by atoms with Gasteiger partial charge >= 0.3 is 21.7 Å². The predicted molar refractivity (Wildman–Crippen MR) is 44.1 cm³/mol. The maximum Gasteiger partial charge on any atom is 0.387 e. The molecular formula is C6HF10I. The van der Waals surface area contributed by atoms with E-state index >= 15 is 0 Å². The Balaban J connectivity index is 5.64. The summed E-state index contributed by atoms with van der Waals surface area (Å²) >= 11 is -0.487. The highest BCUT2D eigenvalue weighted by atomic mass is 127. The van der Waals surface area contributed by atoms with Crippen LogP contribution in [0.3, 0.4) is 0 Å². The van der Waals surface area contributed by atoms with Crippen LogP contribution < -0.4 is 0 Å². The smallest absolute Gasteiger partial charge is 0.195 e. The van der Waals surface area contributed by atoms with Gasteiger partial charge in [0.25, 0.3) is 6.08 Å². The average Bonchev–Trinajstić information content (AvgIpc) is 1.98. The van der Waals surface area contributed by atoms with Crippen LogP contribution >= 0.6 is 22.6 Å². The van der Waals surface area contributed by atoms with E-state index < -0.39 is 56.4 Å². The van der Waals surface area contributed by atoms with Gasteiger partial charge in [0.1, 0.15) is 0 Å². The van der Waals surface area contributed by atoms with Gasteiger partial charge in [-0.2, -0.15) is 43.9 Å². The molecule has 0 unspecified atom stereocenters. The molecule has 0 atom stereocenters. The van der Waals surface area contributed by atoms with E-state index in [1.165, 1.54) is 0 Å². The third kappa shape index (κ3) is 2.96. The molecule has 0 N–H and O–H groups in total. The van der Waals surface area contributed by atoms with Crippen LogP contribution in [0.2, 0.25) is 0 Å². The molecule has 0 nitrogen and oxygen atoms in total. The molecule has 17 heavy (non-hydrogen) atoms. The second-order valence-corrected chi connectivity index (χ2v) is 4.06. The van der Waals surface area contributed by atoms with Crippen LogP contribution in [-0.4, -0.2) is 21.7 Å². The molecule has 0 fully saturated rings. The summed E-state index contributed by atoms with van der Waals surface area (Å²) in [5, 5.41) is 0. The maximum absolute atomic E-state index is 12.5. The zero-order chi connectivity index (χ0) is 14.3. The van der Waals surface area contributed by atoms with Gasteiger partial charge in [0.2, 0.25) is 0 Å². The van der Waals surface area contributed by atoms with Crippen LogP contribution in [0.4, 0.5) is 43.9 Å². The van der Waals surface area contributed by atoms with Gasteiger partial charge in [-0.3, -0.25) is 0 Å². The summed E-state index contributed by atoms with van der Waals surface area (Å²) in [6.07, 6.45) is -5.20. The van der Waals surface area contributed by atoms with E-state index in [9.17, 15) is 43.9 Å². The van der Waals surface area contributed by atoms with Crippen molar-refractivity contribution in [3.8, 4) is 0 Å². The zero-order valence-corrected chi connectivity index (χ0v) is 9.39. The molecule has 11 heteroatoms. The molecule has 0 aliphatic rings. The van der Waals surface area contributed by atoms with Gasteiger partial charge < -0.3 is 0 Å². The van der Waals surface area contributed by atoms with Crippen LogP contribution in [0.1, 0.15) is 0 Å². The van der Waals surface area contributed by atoms with E-state index in [1.54, 1.807) is 0 Å². The fourth-order valence-corrected chi connectivity index (χ4v) is 0.954. The third-order valence-electron chi connectivity index (χ3n) is 1.46. The lowest BCUT2D eigenvalue weighted by Crippen LogP contribution is -2.59. The summed E-state index contributed by atoms with van der Waals surface area (Å²) in [4.78, 5) is 0. The number of halogens is 11. The lowest BCUT2D eigenvalue weighted by molar-refractivity contribution is -0.329. The Kier molecular flexibility index (Phi) is 4.40. The molecule has 0 aliphatic heterocycles. The average molecular weight is 390 g/mol. The topological polar surface area (TPSA) is 0 Å². The van der Waals surface area contributed by atoms with Crippen molar-refractivity contribution in [3.63, 3.8) is 0 Å². The van der Waals surface area contributed by atoms with E-state index in [-0.39, 0.29) is 0 Å². The SMILES string of the molecule is FC(F)=CC(F)(F)C(F)(F)C(F)(F)C(F)(F)I. The molecule has 0 spiro atoms. The van der Waals surface area contributed by atoms with Gasteiger partial charge in [-0.15, -0.1) is 0 Å². The second kappa shape index (κ2) is 4.46. The third-order valence-corrected chi connectivity index (χ3v) is 2.14. The molecular weight excluding hydrogens is 389 g/mol. The largest absolute Gasteiger partial charge is 0.387 e. The molecule has 0 saturated heterocycles.